The number of H-pyrrole nitrogens is 2. The topological polar surface area (TPSA) is 96.9 Å². The second-order valence-corrected chi connectivity index (χ2v) is 9.43. The molecule has 0 atom stereocenters. The quantitative estimate of drug-likeness (QED) is 0.196. The molecule has 0 unspecified atom stereocenters. The van der Waals surface area contributed by atoms with Crippen molar-refractivity contribution in [3.8, 4) is 16.3 Å². The van der Waals surface area contributed by atoms with Gasteiger partial charge in [-0.05, 0) is 31.3 Å². The second kappa shape index (κ2) is 13.2. The summed E-state index contributed by atoms with van der Waals surface area (Å²) >= 11 is 1.61. The number of benzene rings is 1. The van der Waals surface area contributed by atoms with E-state index in [0.29, 0.717) is 23.0 Å². The van der Waals surface area contributed by atoms with Crippen molar-refractivity contribution < 1.29 is 13.5 Å². The van der Waals surface area contributed by atoms with Gasteiger partial charge in [0.2, 0.25) is 0 Å². The molecule has 9 nitrogen and oxygen atoms in total. The number of piperazine rings is 1. The van der Waals surface area contributed by atoms with Gasteiger partial charge >= 0.3 is 0 Å². The lowest BCUT2D eigenvalue weighted by Gasteiger charge is -2.33. The molecule has 4 aromatic rings. The number of amidine groups is 1. The number of fused-ring (bicyclic) bond motifs is 1. The lowest BCUT2D eigenvalue weighted by atomic mass is 10.2. The van der Waals surface area contributed by atoms with Crippen LogP contribution in [0.5, 0.6) is 5.75 Å². The molecule has 1 aliphatic heterocycles. The van der Waals surface area contributed by atoms with Crippen LogP contribution in [0.2, 0.25) is 0 Å². The SMILES string of the molecule is C=N/C(=C\C(=N/COc1c(F)cc2[nH]ccc2c1F)N1CCN(C)CC1)Nc1cc(-c2cccs2)[nH]n1.CC. The van der Waals surface area contributed by atoms with Crippen LogP contribution in [-0.2, 0) is 0 Å². The number of nitrogens with zero attached hydrogens (tertiary/aromatic N) is 5. The third-order valence-electron chi connectivity index (χ3n) is 6.02. The summed E-state index contributed by atoms with van der Waals surface area (Å²) < 4.78 is 34.7. The average Bonchev–Trinajstić information content (AvgIpc) is 3.73. The van der Waals surface area contributed by atoms with Gasteiger partial charge in [0.05, 0.1) is 16.1 Å². The first-order valence-electron chi connectivity index (χ1n) is 12.6. The molecule has 3 N–H and O–H groups in total. The summed E-state index contributed by atoms with van der Waals surface area (Å²) in [5.41, 5.74) is 1.24. The molecule has 1 fully saturated rings. The monoisotopic (exact) mass is 554 g/mol. The highest BCUT2D eigenvalue weighted by Gasteiger charge is 2.19. The molecule has 12 heteroatoms. The van der Waals surface area contributed by atoms with Gasteiger partial charge in [-0.15, -0.1) is 11.3 Å². The molecule has 0 spiro atoms. The number of thiophene rings is 1. The lowest BCUT2D eigenvalue weighted by Crippen LogP contribution is -2.47. The zero-order valence-electron chi connectivity index (χ0n) is 22.2. The third kappa shape index (κ3) is 6.70. The predicted octanol–water partition coefficient (Wildman–Crippen LogP) is 5.56. The number of anilines is 1. The number of hydrogen-bond acceptors (Lipinski definition) is 7. The van der Waals surface area contributed by atoms with E-state index in [-0.39, 0.29) is 12.1 Å². The summed E-state index contributed by atoms with van der Waals surface area (Å²) in [6.07, 6.45) is 3.27. The average molecular weight is 555 g/mol. The minimum atomic E-state index is -0.797. The molecule has 1 aliphatic rings. The van der Waals surface area contributed by atoms with E-state index in [1.165, 1.54) is 12.1 Å². The van der Waals surface area contributed by atoms with E-state index in [2.05, 4.69) is 54.0 Å². The fraction of sp³-hybridized carbons (Fsp3) is 0.296. The van der Waals surface area contributed by atoms with E-state index in [0.717, 1.165) is 36.8 Å². The van der Waals surface area contributed by atoms with Crippen molar-refractivity contribution in [2.45, 2.75) is 13.8 Å². The van der Waals surface area contributed by atoms with Crippen molar-refractivity contribution in [3.05, 3.63) is 65.4 Å². The highest BCUT2D eigenvalue weighted by Crippen LogP contribution is 2.29. The van der Waals surface area contributed by atoms with Gasteiger partial charge in [0.15, 0.2) is 29.9 Å². The van der Waals surface area contributed by atoms with E-state index >= 15 is 0 Å². The number of ether oxygens (including phenoxy) is 1. The molecule has 5 rings (SSSR count). The fourth-order valence-corrected chi connectivity index (χ4v) is 4.69. The smallest absolute Gasteiger partial charge is 0.194 e. The van der Waals surface area contributed by atoms with Gasteiger partial charge in [-0.25, -0.2) is 18.8 Å². The van der Waals surface area contributed by atoms with Crippen molar-refractivity contribution in [2.75, 3.05) is 45.3 Å². The molecular formula is C27H32F2N8OS. The minimum Gasteiger partial charge on any atom is -0.465 e. The Morgan fingerprint density at radius 2 is 2.03 bits per heavy atom. The van der Waals surface area contributed by atoms with Gasteiger partial charge in [0.1, 0.15) is 11.7 Å². The summed E-state index contributed by atoms with van der Waals surface area (Å²) in [6.45, 7) is 10.5. The van der Waals surface area contributed by atoms with Crippen LogP contribution >= 0.6 is 11.3 Å². The first-order valence-corrected chi connectivity index (χ1v) is 13.5. The van der Waals surface area contributed by atoms with Crippen molar-refractivity contribution in [3.63, 3.8) is 0 Å². The van der Waals surface area contributed by atoms with Crippen molar-refractivity contribution in [2.24, 2.45) is 9.98 Å². The Bertz CT molecular complexity index is 1440. The Hall–Kier alpha value is -4.03. The van der Waals surface area contributed by atoms with Crippen LogP contribution in [0, 0.1) is 11.6 Å². The van der Waals surface area contributed by atoms with E-state index in [9.17, 15) is 8.78 Å². The Balaban J connectivity index is 0.00000172. The van der Waals surface area contributed by atoms with Crippen LogP contribution in [0.25, 0.3) is 21.5 Å². The van der Waals surface area contributed by atoms with Gasteiger partial charge < -0.3 is 24.8 Å². The minimum absolute atomic E-state index is 0.253. The molecule has 1 saturated heterocycles. The normalized spacial score (nSPS) is 14.7. The van der Waals surface area contributed by atoms with Crippen LogP contribution < -0.4 is 10.1 Å². The molecule has 0 aliphatic carbocycles. The first kappa shape index (κ1) is 28.0. The maximum atomic E-state index is 14.8. The fourth-order valence-electron chi connectivity index (χ4n) is 4.00. The van der Waals surface area contributed by atoms with E-state index in [1.807, 2.05) is 37.4 Å². The predicted molar refractivity (Wildman–Crippen MR) is 155 cm³/mol. The third-order valence-corrected chi connectivity index (χ3v) is 6.93. The first-order chi connectivity index (χ1) is 19.0. The molecule has 4 heterocycles. The number of aliphatic imine (C=N–C) groups is 2. The molecule has 0 bridgehead atoms. The highest BCUT2D eigenvalue weighted by molar-refractivity contribution is 7.13. The number of aromatic nitrogens is 3. The summed E-state index contributed by atoms with van der Waals surface area (Å²) in [7, 11) is 2.05. The van der Waals surface area contributed by atoms with Gasteiger partial charge in [-0.3, -0.25) is 5.10 Å². The second-order valence-electron chi connectivity index (χ2n) is 8.48. The van der Waals surface area contributed by atoms with Gasteiger partial charge in [-0.2, -0.15) is 5.10 Å². The van der Waals surface area contributed by atoms with Crippen LogP contribution in [0.3, 0.4) is 0 Å². The number of halogens is 2. The van der Waals surface area contributed by atoms with Crippen molar-refractivity contribution in [1.82, 2.24) is 25.0 Å². The maximum absolute atomic E-state index is 14.8. The summed E-state index contributed by atoms with van der Waals surface area (Å²) in [5.74, 6) is -0.475. The van der Waals surface area contributed by atoms with Crippen LogP contribution in [0.4, 0.5) is 14.6 Å². The lowest BCUT2D eigenvalue weighted by molar-refractivity contribution is 0.214. The summed E-state index contributed by atoms with van der Waals surface area (Å²) in [5, 5.41) is 12.7. The van der Waals surface area contributed by atoms with Crippen molar-refractivity contribution >= 4 is 40.6 Å². The van der Waals surface area contributed by atoms with Crippen molar-refractivity contribution in [1.29, 1.82) is 0 Å². The Morgan fingerprint density at radius 3 is 2.74 bits per heavy atom. The zero-order valence-corrected chi connectivity index (χ0v) is 23.0. The largest absolute Gasteiger partial charge is 0.465 e. The van der Waals surface area contributed by atoms with Gasteiger partial charge in [0.25, 0.3) is 0 Å². The van der Waals surface area contributed by atoms with E-state index in [4.69, 9.17) is 4.74 Å². The van der Waals surface area contributed by atoms with Crippen LogP contribution in [0.15, 0.2) is 63.8 Å². The van der Waals surface area contributed by atoms with E-state index in [1.54, 1.807) is 23.6 Å². The highest BCUT2D eigenvalue weighted by atomic mass is 32.1. The molecule has 0 saturated carbocycles. The molecule has 3 aromatic heterocycles. The number of hydrogen-bond donors (Lipinski definition) is 3. The van der Waals surface area contributed by atoms with Crippen LogP contribution in [-0.4, -0.2) is 77.5 Å². The zero-order chi connectivity index (χ0) is 27.8. The molecule has 0 amide bonds. The van der Waals surface area contributed by atoms with Gasteiger partial charge in [-0.1, -0.05) is 19.9 Å². The Labute approximate surface area is 229 Å². The molecule has 206 valence electrons. The number of rotatable bonds is 8. The number of aromatic amines is 2. The Kier molecular flexibility index (Phi) is 9.45. The van der Waals surface area contributed by atoms with Gasteiger partial charge in [0, 0.05) is 56.0 Å². The standard InChI is InChI=1S/C25H26F2N8OS.C2H6/c1-28-21(31-22-13-19(32-33-22)20-4-3-11-37-20)14-23(35-9-7-34(2)8-10-35)30-15-36-25-17(26)12-18-16(24(25)27)5-6-29-18;1-2/h3-6,11-14,29H,1,7-10,15H2,2H3,(H2,31,32,33);1-2H3/b21-14+,30-23+;. The maximum Gasteiger partial charge on any atom is 0.194 e. The molecule has 1 aromatic carbocycles. The molecule has 39 heavy (non-hydrogen) atoms. The molecular weight excluding hydrogens is 522 g/mol. The van der Waals surface area contributed by atoms with Crippen LogP contribution in [0.1, 0.15) is 13.8 Å². The molecule has 0 radical (unpaired) electrons. The number of likely N-dealkylation sites (N-methyl/N-ethyl adjacent to an activating group) is 1. The number of nitrogens with one attached hydrogen (secondary N) is 3. The summed E-state index contributed by atoms with van der Waals surface area (Å²) in [4.78, 5) is 16.8. The Morgan fingerprint density at radius 1 is 1.23 bits per heavy atom. The summed E-state index contributed by atoms with van der Waals surface area (Å²) in [6, 6.07) is 8.59. The van der Waals surface area contributed by atoms with E-state index < -0.39 is 17.4 Å².